The maximum absolute atomic E-state index is 10.0. The summed E-state index contributed by atoms with van der Waals surface area (Å²) in [5.41, 5.74) is 4.26. The number of primary amides is 1. The monoisotopic (exact) mass is 217 g/mol. The van der Waals surface area contributed by atoms with Crippen LogP contribution in [0, 0.1) is 5.92 Å². The van der Waals surface area contributed by atoms with E-state index in [0.29, 0.717) is 6.61 Å². The van der Waals surface area contributed by atoms with Gasteiger partial charge in [0.2, 0.25) is 0 Å². The van der Waals surface area contributed by atoms with Crippen molar-refractivity contribution >= 4 is 6.09 Å². The normalized spacial score (nSPS) is 15.2. The fraction of sp³-hybridized carbons (Fsp3) is 0.909. The van der Waals surface area contributed by atoms with Crippen LogP contribution in [0.25, 0.3) is 0 Å². The van der Waals surface area contributed by atoms with Gasteiger partial charge in [-0.3, -0.25) is 0 Å². The zero-order valence-electron chi connectivity index (χ0n) is 9.95. The summed E-state index contributed by atoms with van der Waals surface area (Å²) in [7, 11) is 0. The summed E-state index contributed by atoms with van der Waals surface area (Å²) in [6.45, 7) is 5.67. The van der Waals surface area contributed by atoms with Crippen molar-refractivity contribution in [1.82, 2.24) is 0 Å². The van der Waals surface area contributed by atoms with Gasteiger partial charge in [0.1, 0.15) is 5.60 Å². The molecule has 4 heteroatoms. The molecule has 1 saturated carbocycles. The predicted molar refractivity (Wildman–Crippen MR) is 59.5 cm³/mol. The minimum Gasteiger partial charge on any atom is -0.444 e. The molecule has 4 nitrogen and oxygen atoms in total. The first-order valence-electron chi connectivity index (χ1n) is 5.44. The van der Waals surface area contributed by atoms with E-state index in [0.717, 1.165) is 12.3 Å². The van der Waals surface area contributed by atoms with Crippen LogP contribution in [0.2, 0.25) is 0 Å². The number of aliphatic hydroxyl groups is 1. The molecule has 1 amide bonds. The molecule has 1 aliphatic carbocycles. The van der Waals surface area contributed by atoms with Crippen molar-refractivity contribution in [1.29, 1.82) is 0 Å². The Hall–Kier alpha value is -0.770. The molecule has 0 atom stereocenters. The van der Waals surface area contributed by atoms with E-state index in [1.54, 1.807) is 20.8 Å². The van der Waals surface area contributed by atoms with Crippen molar-refractivity contribution in [3.05, 3.63) is 0 Å². The molecule has 0 bridgehead atoms. The highest BCUT2D eigenvalue weighted by molar-refractivity contribution is 5.65. The molecule has 1 fully saturated rings. The lowest BCUT2D eigenvalue weighted by Crippen LogP contribution is -2.27. The molecule has 0 aromatic heterocycles. The van der Waals surface area contributed by atoms with Gasteiger partial charge in [0.05, 0.1) is 0 Å². The van der Waals surface area contributed by atoms with Crippen LogP contribution in [0.5, 0.6) is 0 Å². The lowest BCUT2D eigenvalue weighted by atomic mass is 10.2. The van der Waals surface area contributed by atoms with Gasteiger partial charge < -0.3 is 15.6 Å². The lowest BCUT2D eigenvalue weighted by molar-refractivity contribution is 0.0600. The Balaban J connectivity index is 0.000000262. The summed E-state index contributed by atoms with van der Waals surface area (Å²) in [5, 5.41) is 8.34. The summed E-state index contributed by atoms with van der Waals surface area (Å²) in [5.74, 6) is 0.993. The van der Waals surface area contributed by atoms with E-state index >= 15 is 0 Å². The molecule has 1 aliphatic rings. The number of hydrogen-bond donors (Lipinski definition) is 2. The van der Waals surface area contributed by atoms with Crippen molar-refractivity contribution in [3.8, 4) is 0 Å². The van der Waals surface area contributed by atoms with E-state index in [-0.39, 0.29) is 0 Å². The van der Waals surface area contributed by atoms with Crippen molar-refractivity contribution in [3.63, 3.8) is 0 Å². The van der Waals surface area contributed by atoms with Crippen molar-refractivity contribution in [2.75, 3.05) is 6.61 Å². The van der Waals surface area contributed by atoms with Gasteiger partial charge in [-0.05, 0) is 39.5 Å². The van der Waals surface area contributed by atoms with E-state index in [9.17, 15) is 4.79 Å². The van der Waals surface area contributed by atoms with Crippen LogP contribution in [-0.2, 0) is 4.74 Å². The molecular weight excluding hydrogens is 194 g/mol. The molecule has 0 spiro atoms. The van der Waals surface area contributed by atoms with E-state index in [1.165, 1.54) is 19.3 Å². The molecule has 15 heavy (non-hydrogen) atoms. The Labute approximate surface area is 91.8 Å². The number of aliphatic hydroxyl groups excluding tert-OH is 1. The summed E-state index contributed by atoms with van der Waals surface area (Å²) in [4.78, 5) is 10.0. The van der Waals surface area contributed by atoms with Gasteiger partial charge >= 0.3 is 6.09 Å². The molecule has 0 heterocycles. The Morgan fingerprint density at radius 2 is 2.00 bits per heavy atom. The Kier molecular flexibility index (Phi) is 6.32. The highest BCUT2D eigenvalue weighted by Crippen LogP contribution is 2.33. The van der Waals surface area contributed by atoms with Gasteiger partial charge in [-0.2, -0.15) is 0 Å². The fourth-order valence-corrected chi connectivity index (χ4v) is 1.09. The Morgan fingerprint density at radius 1 is 1.47 bits per heavy atom. The average molecular weight is 217 g/mol. The second-order valence-corrected chi connectivity index (χ2v) is 4.84. The van der Waals surface area contributed by atoms with E-state index in [4.69, 9.17) is 10.8 Å². The van der Waals surface area contributed by atoms with Crippen LogP contribution < -0.4 is 5.73 Å². The number of ether oxygens (including phenoxy) is 1. The number of amides is 1. The quantitative estimate of drug-likeness (QED) is 0.760. The zero-order valence-corrected chi connectivity index (χ0v) is 9.95. The highest BCUT2D eigenvalue weighted by Gasteiger charge is 2.19. The molecule has 0 unspecified atom stereocenters. The van der Waals surface area contributed by atoms with Gasteiger partial charge in [-0.25, -0.2) is 4.79 Å². The van der Waals surface area contributed by atoms with Gasteiger partial charge in [0.25, 0.3) is 0 Å². The molecule has 90 valence electrons. The Morgan fingerprint density at radius 3 is 2.20 bits per heavy atom. The van der Waals surface area contributed by atoms with Gasteiger partial charge in [-0.15, -0.1) is 0 Å². The summed E-state index contributed by atoms with van der Waals surface area (Å²) < 4.78 is 4.58. The molecule has 0 aromatic rings. The summed E-state index contributed by atoms with van der Waals surface area (Å²) in [6, 6.07) is 0. The molecule has 3 N–H and O–H groups in total. The first-order chi connectivity index (χ1) is 6.85. The Bertz CT molecular complexity index is 183. The zero-order chi connectivity index (χ0) is 11.9. The topological polar surface area (TPSA) is 72.5 Å². The first-order valence-corrected chi connectivity index (χ1v) is 5.44. The highest BCUT2D eigenvalue weighted by atomic mass is 16.6. The SMILES string of the molecule is CC(C)(C)OC(N)=O.OCCCC1CC1. The van der Waals surface area contributed by atoms with Crippen LogP contribution in [-0.4, -0.2) is 23.4 Å². The second kappa shape index (κ2) is 6.67. The third kappa shape index (κ3) is 13.2. The van der Waals surface area contributed by atoms with Crippen LogP contribution in [0.3, 0.4) is 0 Å². The van der Waals surface area contributed by atoms with Crippen molar-refractivity contribution < 1.29 is 14.6 Å². The minimum absolute atomic E-state index is 0.385. The van der Waals surface area contributed by atoms with Gasteiger partial charge in [0.15, 0.2) is 0 Å². The van der Waals surface area contributed by atoms with Gasteiger partial charge in [-0.1, -0.05) is 12.8 Å². The summed E-state index contributed by atoms with van der Waals surface area (Å²) >= 11 is 0. The van der Waals surface area contributed by atoms with Crippen LogP contribution in [0.4, 0.5) is 4.79 Å². The van der Waals surface area contributed by atoms with Crippen molar-refractivity contribution in [2.24, 2.45) is 11.7 Å². The van der Waals surface area contributed by atoms with E-state index in [2.05, 4.69) is 4.74 Å². The van der Waals surface area contributed by atoms with Crippen molar-refractivity contribution in [2.45, 2.75) is 52.1 Å². The molecule has 0 saturated heterocycles. The van der Waals surface area contributed by atoms with Crippen LogP contribution in [0.15, 0.2) is 0 Å². The third-order valence-corrected chi connectivity index (χ3v) is 1.87. The molecule has 1 rings (SSSR count). The molecule has 0 aromatic carbocycles. The molecule has 0 aliphatic heterocycles. The third-order valence-electron chi connectivity index (χ3n) is 1.87. The number of carbonyl (C=O) groups is 1. The summed E-state index contributed by atoms with van der Waals surface area (Å²) in [6.07, 6.45) is 4.39. The smallest absolute Gasteiger partial charge is 0.405 e. The largest absolute Gasteiger partial charge is 0.444 e. The minimum atomic E-state index is -0.725. The number of nitrogens with two attached hydrogens (primary N) is 1. The number of carbonyl (C=O) groups excluding carboxylic acids is 1. The van der Waals surface area contributed by atoms with E-state index < -0.39 is 11.7 Å². The molecule has 0 radical (unpaired) electrons. The fourth-order valence-electron chi connectivity index (χ4n) is 1.09. The van der Waals surface area contributed by atoms with E-state index in [1.807, 2.05) is 0 Å². The molecular formula is C11H23NO3. The maximum Gasteiger partial charge on any atom is 0.405 e. The van der Waals surface area contributed by atoms with Gasteiger partial charge in [0, 0.05) is 6.61 Å². The number of hydrogen-bond acceptors (Lipinski definition) is 3. The lowest BCUT2D eigenvalue weighted by Gasteiger charge is -2.16. The first kappa shape index (κ1) is 14.2. The number of rotatable bonds is 3. The maximum atomic E-state index is 10.0. The van der Waals surface area contributed by atoms with Crippen LogP contribution in [0.1, 0.15) is 46.5 Å². The predicted octanol–water partition coefficient (Wildman–Crippen LogP) is 2.05. The average Bonchev–Trinajstić information content (AvgIpc) is 2.79. The standard InChI is InChI=1S/C6H12O.C5H11NO2/c7-5-1-2-6-3-4-6;1-5(2,3)8-4(6)7/h6-7H,1-5H2;1-3H3,(H2,6,7). The second-order valence-electron chi connectivity index (χ2n) is 4.84. The van der Waals surface area contributed by atoms with Crippen LogP contribution >= 0.6 is 0 Å².